The number of nitrogens with zero attached hydrogens (tertiary/aromatic N) is 1. The average Bonchev–Trinajstić information content (AvgIpc) is 3.17. The lowest BCUT2D eigenvalue weighted by Gasteiger charge is -2.10. The van der Waals surface area contributed by atoms with E-state index in [1.165, 1.54) is 18.3 Å². The number of ketones is 1. The second-order valence-electron chi connectivity index (χ2n) is 6.58. The van der Waals surface area contributed by atoms with Crippen molar-refractivity contribution in [3.63, 3.8) is 0 Å². The number of nitrogens with one attached hydrogen (secondary N) is 1. The van der Waals surface area contributed by atoms with Gasteiger partial charge in [0.05, 0.1) is 10.6 Å². The third kappa shape index (κ3) is 2.94. The standard InChI is InChI=1S/C20H18N2O4S/c1-9-5-10(2)21-20-17(9)11(3)18(27-20)19(24)22-14-7-16-15(25-8-26-16)6-13(14)12(4)23/h5-7H,8H2,1-4H3,(H,22,24). The number of hydrogen-bond acceptors (Lipinski definition) is 6. The van der Waals surface area contributed by atoms with E-state index < -0.39 is 0 Å². The molecular weight excluding hydrogens is 364 g/mol. The summed E-state index contributed by atoms with van der Waals surface area (Å²) in [6.45, 7) is 7.43. The molecule has 138 valence electrons. The topological polar surface area (TPSA) is 77.5 Å². The summed E-state index contributed by atoms with van der Waals surface area (Å²) >= 11 is 1.36. The number of carbonyl (C=O) groups excluding carboxylic acids is 2. The Morgan fingerprint density at radius 3 is 2.52 bits per heavy atom. The van der Waals surface area contributed by atoms with Gasteiger partial charge < -0.3 is 14.8 Å². The molecule has 0 bridgehead atoms. The van der Waals surface area contributed by atoms with E-state index in [1.807, 2.05) is 26.8 Å². The summed E-state index contributed by atoms with van der Waals surface area (Å²) in [5, 5.41) is 3.87. The number of aryl methyl sites for hydroxylation is 3. The number of anilines is 1. The molecule has 3 aromatic rings. The molecule has 1 aromatic carbocycles. The first-order valence-electron chi connectivity index (χ1n) is 8.48. The number of benzene rings is 1. The summed E-state index contributed by atoms with van der Waals surface area (Å²) in [6.07, 6.45) is 0. The highest BCUT2D eigenvalue weighted by atomic mass is 32.1. The highest BCUT2D eigenvalue weighted by Gasteiger charge is 2.23. The van der Waals surface area contributed by atoms with Crippen LogP contribution in [0.4, 0.5) is 5.69 Å². The van der Waals surface area contributed by atoms with Crippen LogP contribution in [0.15, 0.2) is 18.2 Å². The predicted molar refractivity (Wildman–Crippen MR) is 104 cm³/mol. The first-order chi connectivity index (χ1) is 12.8. The summed E-state index contributed by atoms with van der Waals surface area (Å²) in [5.41, 5.74) is 3.70. The zero-order chi connectivity index (χ0) is 19.3. The summed E-state index contributed by atoms with van der Waals surface area (Å²) in [5.74, 6) is 0.585. The Balaban J connectivity index is 1.75. The number of Topliss-reactive ketones (excluding diaryl/α,β-unsaturated/α-hetero) is 1. The van der Waals surface area contributed by atoms with Gasteiger partial charge in [0, 0.05) is 22.7 Å². The Labute approximate surface area is 160 Å². The summed E-state index contributed by atoms with van der Waals surface area (Å²) in [4.78, 5) is 31.0. The Kier molecular flexibility index (Phi) is 4.11. The maximum Gasteiger partial charge on any atom is 0.266 e. The van der Waals surface area contributed by atoms with Crippen molar-refractivity contribution in [1.82, 2.24) is 4.98 Å². The van der Waals surface area contributed by atoms with E-state index in [-0.39, 0.29) is 18.5 Å². The minimum atomic E-state index is -0.270. The molecule has 0 saturated heterocycles. The minimum Gasteiger partial charge on any atom is -0.454 e. The van der Waals surface area contributed by atoms with Gasteiger partial charge in [0.25, 0.3) is 5.91 Å². The minimum absolute atomic E-state index is 0.101. The van der Waals surface area contributed by atoms with E-state index in [1.54, 1.807) is 12.1 Å². The van der Waals surface area contributed by atoms with Crippen LogP contribution in [0.5, 0.6) is 11.5 Å². The van der Waals surface area contributed by atoms with Gasteiger partial charge >= 0.3 is 0 Å². The number of aromatic nitrogens is 1. The lowest BCUT2D eigenvalue weighted by atomic mass is 10.1. The van der Waals surface area contributed by atoms with E-state index in [0.717, 1.165) is 27.0 Å². The quantitative estimate of drug-likeness (QED) is 0.679. The van der Waals surface area contributed by atoms with Crippen LogP contribution in [-0.2, 0) is 0 Å². The number of carbonyl (C=O) groups is 2. The lowest BCUT2D eigenvalue weighted by molar-refractivity contribution is 0.101. The Morgan fingerprint density at radius 1 is 1.11 bits per heavy atom. The molecular formula is C20H18N2O4S. The van der Waals surface area contributed by atoms with Gasteiger partial charge in [0.15, 0.2) is 17.3 Å². The summed E-state index contributed by atoms with van der Waals surface area (Å²) in [7, 11) is 0. The van der Waals surface area contributed by atoms with E-state index in [2.05, 4.69) is 10.3 Å². The molecule has 0 saturated carbocycles. The highest BCUT2D eigenvalue weighted by Crippen LogP contribution is 2.38. The Bertz CT molecular complexity index is 1120. The molecule has 7 heteroatoms. The molecule has 0 fully saturated rings. The molecule has 27 heavy (non-hydrogen) atoms. The molecule has 6 nitrogen and oxygen atoms in total. The number of thiophene rings is 1. The molecule has 2 aromatic heterocycles. The van der Waals surface area contributed by atoms with Crippen LogP contribution in [-0.4, -0.2) is 23.5 Å². The van der Waals surface area contributed by atoms with Gasteiger partial charge in [0.1, 0.15) is 4.83 Å². The molecule has 1 aliphatic rings. The Morgan fingerprint density at radius 2 is 1.81 bits per heavy atom. The molecule has 4 rings (SSSR count). The second kappa shape index (κ2) is 6.35. The molecule has 0 unspecified atom stereocenters. The van der Waals surface area contributed by atoms with Crippen LogP contribution in [0.3, 0.4) is 0 Å². The van der Waals surface area contributed by atoms with E-state index in [0.29, 0.717) is 27.6 Å². The van der Waals surface area contributed by atoms with Gasteiger partial charge in [-0.15, -0.1) is 11.3 Å². The molecule has 0 atom stereocenters. The van der Waals surface area contributed by atoms with Crippen molar-refractivity contribution in [2.45, 2.75) is 27.7 Å². The SMILES string of the molecule is CC(=O)c1cc2c(cc1NC(=O)c1sc3nc(C)cc(C)c3c1C)OCO2. The van der Waals surface area contributed by atoms with Crippen molar-refractivity contribution >= 4 is 38.9 Å². The van der Waals surface area contributed by atoms with Crippen LogP contribution >= 0.6 is 11.3 Å². The van der Waals surface area contributed by atoms with Crippen LogP contribution < -0.4 is 14.8 Å². The number of rotatable bonds is 3. The maximum absolute atomic E-state index is 13.0. The maximum atomic E-state index is 13.0. The zero-order valence-corrected chi connectivity index (χ0v) is 16.2. The summed E-state index contributed by atoms with van der Waals surface area (Å²) < 4.78 is 10.7. The average molecular weight is 382 g/mol. The van der Waals surface area contributed by atoms with Crippen molar-refractivity contribution in [3.05, 3.63) is 45.5 Å². The fraction of sp³-hybridized carbons (Fsp3) is 0.250. The van der Waals surface area contributed by atoms with E-state index in [4.69, 9.17) is 9.47 Å². The zero-order valence-electron chi connectivity index (χ0n) is 15.4. The van der Waals surface area contributed by atoms with Gasteiger partial charge in [-0.2, -0.15) is 0 Å². The van der Waals surface area contributed by atoms with Crippen LogP contribution in [0, 0.1) is 20.8 Å². The fourth-order valence-corrected chi connectivity index (χ4v) is 4.55. The number of hydrogen-bond donors (Lipinski definition) is 1. The first kappa shape index (κ1) is 17.5. The molecule has 1 N–H and O–H groups in total. The largest absolute Gasteiger partial charge is 0.454 e. The van der Waals surface area contributed by atoms with Crippen LogP contribution in [0.1, 0.15) is 43.8 Å². The number of amides is 1. The van der Waals surface area contributed by atoms with Crippen molar-refractivity contribution in [2.75, 3.05) is 12.1 Å². The monoisotopic (exact) mass is 382 g/mol. The van der Waals surface area contributed by atoms with Crippen molar-refractivity contribution in [1.29, 1.82) is 0 Å². The van der Waals surface area contributed by atoms with Crippen molar-refractivity contribution < 1.29 is 19.1 Å². The second-order valence-corrected chi connectivity index (χ2v) is 7.58. The van der Waals surface area contributed by atoms with Gasteiger partial charge in [-0.25, -0.2) is 4.98 Å². The Hall–Kier alpha value is -2.93. The van der Waals surface area contributed by atoms with E-state index >= 15 is 0 Å². The van der Waals surface area contributed by atoms with Crippen molar-refractivity contribution in [3.8, 4) is 11.5 Å². The van der Waals surface area contributed by atoms with Crippen LogP contribution in [0.2, 0.25) is 0 Å². The van der Waals surface area contributed by atoms with E-state index in [9.17, 15) is 9.59 Å². The predicted octanol–water partition coefficient (Wildman–Crippen LogP) is 4.41. The third-order valence-electron chi connectivity index (χ3n) is 4.57. The third-order valence-corrected chi connectivity index (χ3v) is 5.76. The molecule has 1 amide bonds. The molecule has 0 radical (unpaired) electrons. The number of fused-ring (bicyclic) bond motifs is 2. The molecule has 0 spiro atoms. The van der Waals surface area contributed by atoms with Gasteiger partial charge in [-0.1, -0.05) is 0 Å². The summed E-state index contributed by atoms with van der Waals surface area (Å²) in [6, 6.07) is 5.25. The number of pyridine rings is 1. The van der Waals surface area contributed by atoms with Crippen molar-refractivity contribution in [2.24, 2.45) is 0 Å². The smallest absolute Gasteiger partial charge is 0.266 e. The van der Waals surface area contributed by atoms with Gasteiger partial charge in [0.2, 0.25) is 6.79 Å². The first-order valence-corrected chi connectivity index (χ1v) is 9.30. The molecule has 3 heterocycles. The number of ether oxygens (including phenoxy) is 2. The van der Waals surface area contributed by atoms with Gasteiger partial charge in [-0.05, 0) is 51.0 Å². The normalized spacial score (nSPS) is 12.4. The fourth-order valence-electron chi connectivity index (χ4n) is 3.35. The van der Waals surface area contributed by atoms with Gasteiger partial charge in [-0.3, -0.25) is 9.59 Å². The van der Waals surface area contributed by atoms with Crippen LogP contribution in [0.25, 0.3) is 10.2 Å². The molecule has 1 aliphatic heterocycles. The molecule has 0 aliphatic carbocycles. The lowest BCUT2D eigenvalue weighted by Crippen LogP contribution is -2.14. The highest BCUT2D eigenvalue weighted by molar-refractivity contribution is 7.20.